The molecule has 1 aliphatic rings. The molecule has 4 nitrogen and oxygen atoms in total. The van der Waals surface area contributed by atoms with E-state index in [-0.39, 0.29) is 0 Å². The maximum atomic E-state index is 4.49. The summed E-state index contributed by atoms with van der Waals surface area (Å²) in [6, 6.07) is 0.789. The van der Waals surface area contributed by atoms with Crippen molar-refractivity contribution in [2.75, 3.05) is 14.1 Å². The van der Waals surface area contributed by atoms with Gasteiger partial charge in [-0.1, -0.05) is 0 Å². The molecule has 82 valence electrons. The van der Waals surface area contributed by atoms with Crippen molar-refractivity contribution >= 4 is 12.0 Å². The maximum absolute atomic E-state index is 4.49. The van der Waals surface area contributed by atoms with E-state index in [9.17, 15) is 0 Å². The van der Waals surface area contributed by atoms with Crippen molar-refractivity contribution in [3.8, 4) is 0 Å². The van der Waals surface area contributed by atoms with Crippen molar-refractivity contribution in [1.82, 2.24) is 14.5 Å². The Kier molecular flexibility index (Phi) is 2.61. The van der Waals surface area contributed by atoms with Gasteiger partial charge in [0, 0.05) is 18.7 Å². The number of rotatable bonds is 2. The van der Waals surface area contributed by atoms with Crippen LogP contribution >= 0.6 is 0 Å². The zero-order valence-corrected chi connectivity index (χ0v) is 9.81. The van der Waals surface area contributed by atoms with Crippen LogP contribution in [0.4, 0.5) is 5.82 Å². The Morgan fingerprint density at radius 3 is 2.80 bits per heavy atom. The highest BCUT2D eigenvalue weighted by molar-refractivity contribution is 5.67. The Morgan fingerprint density at radius 1 is 1.47 bits per heavy atom. The average Bonchev–Trinajstić information content (AvgIpc) is 2.59. The van der Waals surface area contributed by atoms with Gasteiger partial charge in [0.2, 0.25) is 0 Å². The minimum absolute atomic E-state index is 0.373. The van der Waals surface area contributed by atoms with E-state index >= 15 is 0 Å². The van der Waals surface area contributed by atoms with E-state index in [1.807, 2.05) is 12.5 Å². The molecule has 2 heterocycles. The Labute approximate surface area is 90.6 Å². The third-order valence-electron chi connectivity index (χ3n) is 2.83. The van der Waals surface area contributed by atoms with Gasteiger partial charge < -0.3 is 9.47 Å². The van der Waals surface area contributed by atoms with E-state index in [1.165, 1.54) is 0 Å². The first-order chi connectivity index (χ1) is 7.11. The van der Waals surface area contributed by atoms with Gasteiger partial charge in [-0.15, -0.1) is 0 Å². The van der Waals surface area contributed by atoms with Gasteiger partial charge in [-0.25, -0.2) is 9.98 Å². The van der Waals surface area contributed by atoms with Crippen LogP contribution < -0.4 is 0 Å². The Bertz CT molecular complexity index is 376. The van der Waals surface area contributed by atoms with Gasteiger partial charge in [0.15, 0.2) is 5.82 Å². The molecule has 0 amide bonds. The minimum atomic E-state index is 0.373. The van der Waals surface area contributed by atoms with Gasteiger partial charge in [-0.05, 0) is 27.9 Å². The molecule has 0 N–H and O–H groups in total. The molecular weight excluding hydrogens is 188 g/mol. The molecule has 0 saturated heterocycles. The Balaban J connectivity index is 2.43. The summed E-state index contributed by atoms with van der Waals surface area (Å²) in [5, 5.41) is 0. The Morgan fingerprint density at radius 2 is 2.20 bits per heavy atom. The fourth-order valence-corrected chi connectivity index (χ4v) is 1.92. The molecule has 1 aromatic heterocycles. The van der Waals surface area contributed by atoms with Crippen LogP contribution in [0.2, 0.25) is 0 Å². The summed E-state index contributed by atoms with van der Waals surface area (Å²) in [7, 11) is 4.17. The minimum Gasteiger partial charge on any atom is -0.313 e. The topological polar surface area (TPSA) is 33.4 Å². The van der Waals surface area contributed by atoms with Gasteiger partial charge in [-0.3, -0.25) is 0 Å². The quantitative estimate of drug-likeness (QED) is 0.743. The number of hydrogen-bond acceptors (Lipinski definition) is 3. The van der Waals surface area contributed by atoms with E-state index in [4.69, 9.17) is 0 Å². The third kappa shape index (κ3) is 1.69. The molecule has 1 atom stereocenters. The smallest absolute Gasteiger partial charge is 0.157 e. The highest BCUT2D eigenvalue weighted by Gasteiger charge is 2.24. The van der Waals surface area contributed by atoms with Crippen LogP contribution in [0.25, 0.3) is 0 Å². The fraction of sp³-hybridized carbons (Fsp3) is 0.636. The van der Waals surface area contributed by atoms with Gasteiger partial charge >= 0.3 is 0 Å². The molecule has 0 spiro atoms. The zero-order chi connectivity index (χ0) is 11.0. The molecule has 1 aromatic rings. The van der Waals surface area contributed by atoms with Crippen molar-refractivity contribution in [2.24, 2.45) is 4.99 Å². The number of hydrogen-bond donors (Lipinski definition) is 0. The molecule has 0 aliphatic carbocycles. The SMILES string of the molecule is CC(C)n1cnc2c1N=CCC2N(C)C. The van der Waals surface area contributed by atoms with E-state index in [1.54, 1.807) is 0 Å². The molecule has 0 aromatic carbocycles. The van der Waals surface area contributed by atoms with Crippen molar-refractivity contribution in [3.05, 3.63) is 12.0 Å². The van der Waals surface area contributed by atoms with E-state index in [0.29, 0.717) is 12.1 Å². The van der Waals surface area contributed by atoms with Crippen LogP contribution in [-0.4, -0.2) is 34.8 Å². The monoisotopic (exact) mass is 206 g/mol. The van der Waals surface area contributed by atoms with Crippen molar-refractivity contribution in [2.45, 2.75) is 32.4 Å². The lowest BCUT2D eigenvalue weighted by Gasteiger charge is -2.24. The molecule has 15 heavy (non-hydrogen) atoms. The highest BCUT2D eigenvalue weighted by atomic mass is 15.2. The normalized spacial score (nSPS) is 20.0. The molecule has 0 bridgehead atoms. The van der Waals surface area contributed by atoms with Crippen molar-refractivity contribution in [3.63, 3.8) is 0 Å². The first kappa shape index (κ1) is 10.4. The molecular formula is C11H18N4. The predicted octanol–water partition coefficient (Wildman–Crippen LogP) is 2.17. The summed E-state index contributed by atoms with van der Waals surface area (Å²) in [5.41, 5.74) is 1.11. The summed E-state index contributed by atoms with van der Waals surface area (Å²) < 4.78 is 2.13. The van der Waals surface area contributed by atoms with Crippen LogP contribution in [0.1, 0.15) is 38.0 Å². The van der Waals surface area contributed by atoms with Gasteiger partial charge in [0.1, 0.15) is 5.69 Å². The second-order valence-electron chi connectivity index (χ2n) is 4.48. The maximum Gasteiger partial charge on any atom is 0.157 e. The summed E-state index contributed by atoms with van der Waals surface area (Å²) in [6.07, 6.45) is 4.84. The lowest BCUT2D eigenvalue weighted by molar-refractivity contribution is 0.301. The number of imidazole rings is 1. The molecule has 0 saturated carbocycles. The highest BCUT2D eigenvalue weighted by Crippen LogP contribution is 2.34. The largest absolute Gasteiger partial charge is 0.313 e. The summed E-state index contributed by atoms with van der Waals surface area (Å²) in [4.78, 5) is 11.1. The number of fused-ring (bicyclic) bond motifs is 1. The van der Waals surface area contributed by atoms with E-state index in [0.717, 1.165) is 17.9 Å². The molecule has 0 radical (unpaired) electrons. The van der Waals surface area contributed by atoms with Gasteiger partial charge in [0.05, 0.1) is 12.4 Å². The van der Waals surface area contributed by atoms with Crippen LogP contribution in [0, 0.1) is 0 Å². The van der Waals surface area contributed by atoms with E-state index < -0.39 is 0 Å². The van der Waals surface area contributed by atoms with Gasteiger partial charge in [-0.2, -0.15) is 0 Å². The number of aliphatic imine (C=N–C) groups is 1. The second-order valence-corrected chi connectivity index (χ2v) is 4.48. The predicted molar refractivity (Wildman–Crippen MR) is 61.8 cm³/mol. The molecule has 1 aliphatic heterocycles. The van der Waals surface area contributed by atoms with E-state index in [2.05, 4.69) is 47.4 Å². The second kappa shape index (κ2) is 3.77. The molecule has 4 heteroatoms. The van der Waals surface area contributed by atoms with Gasteiger partial charge in [0.25, 0.3) is 0 Å². The van der Waals surface area contributed by atoms with Crippen molar-refractivity contribution in [1.29, 1.82) is 0 Å². The summed E-state index contributed by atoms with van der Waals surface area (Å²) in [6.45, 7) is 4.30. The number of aromatic nitrogens is 2. The third-order valence-corrected chi connectivity index (χ3v) is 2.83. The molecule has 1 unspecified atom stereocenters. The van der Waals surface area contributed by atoms with Crippen LogP contribution in [0.5, 0.6) is 0 Å². The standard InChI is InChI=1S/C11H18N4/c1-8(2)15-7-13-10-9(14(3)4)5-6-12-11(10)15/h6-9H,5H2,1-4H3. The Hall–Kier alpha value is -1.16. The zero-order valence-electron chi connectivity index (χ0n) is 9.81. The lowest BCUT2D eigenvalue weighted by Crippen LogP contribution is -2.22. The summed E-state index contributed by atoms with van der Waals surface area (Å²) >= 11 is 0. The number of nitrogens with zero attached hydrogens (tertiary/aromatic N) is 4. The van der Waals surface area contributed by atoms with Crippen LogP contribution in [-0.2, 0) is 0 Å². The first-order valence-corrected chi connectivity index (χ1v) is 5.37. The summed E-state index contributed by atoms with van der Waals surface area (Å²) in [5.74, 6) is 1.02. The molecule has 0 fully saturated rings. The fourth-order valence-electron chi connectivity index (χ4n) is 1.92. The average molecular weight is 206 g/mol. The van der Waals surface area contributed by atoms with Crippen LogP contribution in [0.15, 0.2) is 11.3 Å². The van der Waals surface area contributed by atoms with Crippen LogP contribution in [0.3, 0.4) is 0 Å². The van der Waals surface area contributed by atoms with Crippen molar-refractivity contribution < 1.29 is 0 Å². The molecule has 2 rings (SSSR count). The first-order valence-electron chi connectivity index (χ1n) is 5.37. The lowest BCUT2D eigenvalue weighted by atomic mass is 10.1.